The fourth-order valence-electron chi connectivity index (χ4n) is 1.62. The number of hydrogen-bond acceptors (Lipinski definition) is 2. The van der Waals surface area contributed by atoms with Crippen molar-refractivity contribution in [2.45, 2.75) is 6.92 Å². The Morgan fingerprint density at radius 2 is 2.05 bits per heavy atom. The zero-order valence-corrected chi connectivity index (χ0v) is 11.9. The van der Waals surface area contributed by atoms with Gasteiger partial charge in [0.15, 0.2) is 12.4 Å². The number of aryl methyl sites for hydroxylation is 1. The maximum Gasteiger partial charge on any atom is 0.200 e. The Balaban J connectivity index is 2.02. The molecule has 0 radical (unpaired) electrons. The lowest BCUT2D eigenvalue weighted by molar-refractivity contribution is 0.0921. The predicted molar refractivity (Wildman–Crippen MR) is 75.1 cm³/mol. The Kier molecular flexibility index (Phi) is 4.32. The molecule has 2 rings (SSSR count). The van der Waals surface area contributed by atoms with Gasteiger partial charge in [0.05, 0.1) is 4.47 Å². The Hall–Kier alpha value is -1.68. The maximum atomic E-state index is 13.3. The molecule has 19 heavy (non-hydrogen) atoms. The van der Waals surface area contributed by atoms with Crippen LogP contribution in [0.3, 0.4) is 0 Å². The Morgan fingerprint density at radius 3 is 2.74 bits per heavy atom. The second-order valence-electron chi connectivity index (χ2n) is 4.16. The van der Waals surface area contributed by atoms with Gasteiger partial charge in [-0.1, -0.05) is 23.8 Å². The molecule has 2 aromatic rings. The standard InChI is InChI=1S/C15H12BrFO2/c1-10-3-2-4-11(7-10)15(18)9-19-12-5-6-13(16)14(17)8-12/h2-8H,9H2,1H3. The summed E-state index contributed by atoms with van der Waals surface area (Å²) < 4.78 is 18.9. The molecule has 0 fully saturated rings. The fourth-order valence-corrected chi connectivity index (χ4v) is 1.86. The summed E-state index contributed by atoms with van der Waals surface area (Å²) in [6, 6.07) is 11.7. The quantitative estimate of drug-likeness (QED) is 0.790. The number of halogens is 2. The number of benzene rings is 2. The summed E-state index contributed by atoms with van der Waals surface area (Å²) in [6.07, 6.45) is 0. The van der Waals surface area contributed by atoms with Crippen LogP contribution in [0, 0.1) is 12.7 Å². The Bertz CT molecular complexity index is 611. The van der Waals surface area contributed by atoms with Crippen LogP contribution in [0.2, 0.25) is 0 Å². The van der Waals surface area contributed by atoms with Gasteiger partial charge in [0.1, 0.15) is 11.6 Å². The topological polar surface area (TPSA) is 26.3 Å². The lowest BCUT2D eigenvalue weighted by atomic mass is 10.1. The molecule has 0 N–H and O–H groups in total. The van der Waals surface area contributed by atoms with Crippen LogP contribution in [-0.2, 0) is 0 Å². The van der Waals surface area contributed by atoms with Crippen LogP contribution in [0.25, 0.3) is 0 Å². The van der Waals surface area contributed by atoms with E-state index in [1.54, 1.807) is 24.3 Å². The zero-order valence-electron chi connectivity index (χ0n) is 10.3. The highest BCUT2D eigenvalue weighted by molar-refractivity contribution is 9.10. The summed E-state index contributed by atoms with van der Waals surface area (Å²) in [6.45, 7) is 1.81. The lowest BCUT2D eigenvalue weighted by Gasteiger charge is -2.06. The molecule has 0 bridgehead atoms. The van der Waals surface area contributed by atoms with Crippen molar-refractivity contribution >= 4 is 21.7 Å². The average Bonchev–Trinajstić information content (AvgIpc) is 2.40. The van der Waals surface area contributed by atoms with Crippen molar-refractivity contribution in [1.29, 1.82) is 0 Å². The molecule has 0 amide bonds. The molecule has 0 aliphatic rings. The number of ether oxygens (including phenoxy) is 1. The van der Waals surface area contributed by atoms with Crippen LogP contribution in [0.1, 0.15) is 15.9 Å². The number of carbonyl (C=O) groups excluding carboxylic acids is 1. The van der Waals surface area contributed by atoms with Gasteiger partial charge in [0.2, 0.25) is 0 Å². The van der Waals surface area contributed by atoms with E-state index in [9.17, 15) is 9.18 Å². The molecule has 2 nitrogen and oxygen atoms in total. The number of ketones is 1. The molecule has 0 aromatic heterocycles. The average molecular weight is 323 g/mol. The molecule has 4 heteroatoms. The van der Waals surface area contributed by atoms with E-state index in [2.05, 4.69) is 15.9 Å². The lowest BCUT2D eigenvalue weighted by Crippen LogP contribution is -2.11. The van der Waals surface area contributed by atoms with E-state index in [1.165, 1.54) is 6.07 Å². The third kappa shape index (κ3) is 3.64. The second kappa shape index (κ2) is 5.97. The van der Waals surface area contributed by atoms with Crippen molar-refractivity contribution in [1.82, 2.24) is 0 Å². The molecule has 0 aliphatic heterocycles. The number of Topliss-reactive ketones (excluding diaryl/α,β-unsaturated/α-hetero) is 1. The van der Waals surface area contributed by atoms with E-state index < -0.39 is 5.82 Å². The molecule has 0 saturated carbocycles. The summed E-state index contributed by atoms with van der Waals surface area (Å²) in [5.74, 6) is -0.214. The van der Waals surface area contributed by atoms with Crippen molar-refractivity contribution in [3.05, 3.63) is 63.9 Å². The first kappa shape index (κ1) is 13.7. The molecule has 0 aliphatic carbocycles. The van der Waals surface area contributed by atoms with Crippen LogP contribution >= 0.6 is 15.9 Å². The second-order valence-corrected chi connectivity index (χ2v) is 5.01. The van der Waals surface area contributed by atoms with E-state index in [0.717, 1.165) is 5.56 Å². The SMILES string of the molecule is Cc1cccc(C(=O)COc2ccc(Br)c(F)c2)c1. The van der Waals surface area contributed by atoms with Crippen LogP contribution < -0.4 is 4.74 Å². The zero-order chi connectivity index (χ0) is 13.8. The highest BCUT2D eigenvalue weighted by atomic mass is 79.9. The van der Waals surface area contributed by atoms with Gasteiger partial charge in [-0.15, -0.1) is 0 Å². The molecule has 0 atom stereocenters. The van der Waals surface area contributed by atoms with Gasteiger partial charge >= 0.3 is 0 Å². The van der Waals surface area contributed by atoms with Crippen LogP contribution in [-0.4, -0.2) is 12.4 Å². The van der Waals surface area contributed by atoms with Gasteiger partial charge in [-0.2, -0.15) is 0 Å². The van der Waals surface area contributed by atoms with Crippen molar-refractivity contribution < 1.29 is 13.9 Å². The van der Waals surface area contributed by atoms with Crippen LogP contribution in [0.5, 0.6) is 5.75 Å². The summed E-state index contributed by atoms with van der Waals surface area (Å²) in [5, 5.41) is 0. The van der Waals surface area contributed by atoms with E-state index in [-0.39, 0.29) is 12.4 Å². The number of rotatable bonds is 4. The van der Waals surface area contributed by atoms with Gasteiger partial charge in [-0.05, 0) is 41.1 Å². The van der Waals surface area contributed by atoms with E-state index in [4.69, 9.17) is 4.74 Å². The van der Waals surface area contributed by atoms with Gasteiger partial charge in [-0.25, -0.2) is 4.39 Å². The highest BCUT2D eigenvalue weighted by Gasteiger charge is 2.08. The third-order valence-corrected chi connectivity index (χ3v) is 3.24. The molecular formula is C15H12BrFO2. The largest absolute Gasteiger partial charge is 0.485 e. The molecule has 98 valence electrons. The summed E-state index contributed by atoms with van der Waals surface area (Å²) in [7, 11) is 0. The molecule has 0 unspecified atom stereocenters. The predicted octanol–water partition coefficient (Wildman–Crippen LogP) is 4.16. The molecule has 0 spiro atoms. The minimum absolute atomic E-state index is 0.107. The van der Waals surface area contributed by atoms with Crippen molar-refractivity contribution in [3.63, 3.8) is 0 Å². The first-order chi connectivity index (χ1) is 9.06. The highest BCUT2D eigenvalue weighted by Crippen LogP contribution is 2.21. The molecule has 0 heterocycles. The smallest absolute Gasteiger partial charge is 0.200 e. The minimum Gasteiger partial charge on any atom is -0.485 e. The van der Waals surface area contributed by atoms with E-state index in [0.29, 0.717) is 15.8 Å². The van der Waals surface area contributed by atoms with Crippen molar-refractivity contribution in [3.8, 4) is 5.75 Å². The van der Waals surface area contributed by atoms with Gasteiger partial charge in [0, 0.05) is 11.6 Å². The van der Waals surface area contributed by atoms with Gasteiger partial charge in [-0.3, -0.25) is 4.79 Å². The van der Waals surface area contributed by atoms with Gasteiger partial charge in [0.25, 0.3) is 0 Å². The van der Waals surface area contributed by atoms with Crippen LogP contribution in [0.15, 0.2) is 46.9 Å². The van der Waals surface area contributed by atoms with Crippen molar-refractivity contribution in [2.75, 3.05) is 6.61 Å². The number of carbonyl (C=O) groups is 1. The summed E-state index contributed by atoms with van der Waals surface area (Å²) in [4.78, 5) is 11.9. The fraction of sp³-hybridized carbons (Fsp3) is 0.133. The third-order valence-electron chi connectivity index (χ3n) is 2.60. The minimum atomic E-state index is -0.416. The normalized spacial score (nSPS) is 10.3. The summed E-state index contributed by atoms with van der Waals surface area (Å²) in [5.41, 5.74) is 1.61. The van der Waals surface area contributed by atoms with E-state index in [1.807, 2.05) is 19.1 Å². The maximum absolute atomic E-state index is 13.3. The van der Waals surface area contributed by atoms with Gasteiger partial charge < -0.3 is 4.74 Å². The Morgan fingerprint density at radius 1 is 1.26 bits per heavy atom. The Labute approximate surface area is 119 Å². The summed E-state index contributed by atoms with van der Waals surface area (Å²) >= 11 is 3.06. The molecule has 0 saturated heterocycles. The molecular weight excluding hydrogens is 311 g/mol. The first-order valence-corrected chi connectivity index (χ1v) is 6.53. The first-order valence-electron chi connectivity index (χ1n) is 5.74. The molecule has 2 aromatic carbocycles. The van der Waals surface area contributed by atoms with Crippen LogP contribution in [0.4, 0.5) is 4.39 Å². The van der Waals surface area contributed by atoms with Crippen molar-refractivity contribution in [2.24, 2.45) is 0 Å². The van der Waals surface area contributed by atoms with E-state index >= 15 is 0 Å². The monoisotopic (exact) mass is 322 g/mol. The number of hydrogen-bond donors (Lipinski definition) is 0.